The van der Waals surface area contributed by atoms with Crippen molar-refractivity contribution in [2.24, 2.45) is 23.0 Å². The molecule has 2 saturated heterocycles. The van der Waals surface area contributed by atoms with Gasteiger partial charge in [0.15, 0.2) is 0 Å². The van der Waals surface area contributed by atoms with Crippen molar-refractivity contribution >= 4 is 0 Å². The van der Waals surface area contributed by atoms with Gasteiger partial charge in [-0.15, -0.1) is 0 Å². The normalized spacial score (nSPS) is 64.5. The van der Waals surface area contributed by atoms with Crippen molar-refractivity contribution in [3.63, 3.8) is 0 Å². The van der Waals surface area contributed by atoms with Crippen LogP contribution in [0.1, 0.15) is 38.5 Å². The summed E-state index contributed by atoms with van der Waals surface area (Å²) in [6, 6.07) is 0.469. The molecule has 2 aliphatic heterocycles. The molecule has 2 aliphatic carbocycles. The van der Waals surface area contributed by atoms with Crippen LogP contribution in [0, 0.1) is 17.3 Å². The highest BCUT2D eigenvalue weighted by molar-refractivity contribution is 5.16. The predicted octanol–water partition coefficient (Wildman–Crippen LogP) is 1.68. The van der Waals surface area contributed by atoms with E-state index in [1.807, 2.05) is 0 Å². The molecule has 6 atom stereocenters. The number of ether oxygens (including phenoxy) is 1. The standard InChI is InChI=1S/C12H19NO/c13-11-7-1-2-8(5-7)12(11)6-9-3-4-10(12)14-9/h7-11H,1-6,13H2/t7?,8-,9-,10?,11-,12?/m0/s1. The van der Waals surface area contributed by atoms with Gasteiger partial charge in [-0.05, 0) is 50.4 Å². The van der Waals surface area contributed by atoms with E-state index in [0.29, 0.717) is 23.7 Å². The Morgan fingerprint density at radius 3 is 2.64 bits per heavy atom. The second-order valence-electron chi connectivity index (χ2n) is 5.94. The summed E-state index contributed by atoms with van der Waals surface area (Å²) in [4.78, 5) is 0. The Bertz CT molecular complexity index is 268. The van der Waals surface area contributed by atoms with Gasteiger partial charge in [-0.1, -0.05) is 0 Å². The maximum atomic E-state index is 6.47. The second-order valence-corrected chi connectivity index (χ2v) is 5.94. The highest BCUT2D eigenvalue weighted by Gasteiger charge is 2.65. The summed E-state index contributed by atoms with van der Waals surface area (Å²) in [5, 5.41) is 0. The second kappa shape index (κ2) is 2.35. The molecule has 1 spiro atoms. The molecule has 0 aromatic heterocycles. The van der Waals surface area contributed by atoms with Crippen LogP contribution in [-0.4, -0.2) is 18.2 Å². The molecule has 0 aromatic carbocycles. The van der Waals surface area contributed by atoms with E-state index >= 15 is 0 Å². The van der Waals surface area contributed by atoms with Crippen molar-refractivity contribution in [2.45, 2.75) is 56.8 Å². The summed E-state index contributed by atoms with van der Waals surface area (Å²) < 4.78 is 6.05. The zero-order valence-corrected chi connectivity index (χ0v) is 8.61. The molecule has 14 heavy (non-hydrogen) atoms. The number of fused-ring (bicyclic) bond motifs is 6. The van der Waals surface area contributed by atoms with Crippen molar-refractivity contribution < 1.29 is 4.74 Å². The summed E-state index contributed by atoms with van der Waals surface area (Å²) in [5.74, 6) is 1.75. The third kappa shape index (κ3) is 0.704. The van der Waals surface area contributed by atoms with E-state index in [1.54, 1.807) is 0 Å². The quantitative estimate of drug-likeness (QED) is 0.635. The Balaban J connectivity index is 1.76. The smallest absolute Gasteiger partial charge is 0.0654 e. The molecule has 0 radical (unpaired) electrons. The van der Waals surface area contributed by atoms with Crippen LogP contribution in [0.2, 0.25) is 0 Å². The lowest BCUT2D eigenvalue weighted by Crippen LogP contribution is -2.51. The zero-order chi connectivity index (χ0) is 9.34. The monoisotopic (exact) mass is 193 g/mol. The lowest BCUT2D eigenvalue weighted by Gasteiger charge is -2.43. The van der Waals surface area contributed by atoms with Crippen molar-refractivity contribution in [3.05, 3.63) is 0 Å². The Labute approximate surface area is 85.2 Å². The molecule has 4 aliphatic rings. The maximum Gasteiger partial charge on any atom is 0.0654 e. The van der Waals surface area contributed by atoms with Crippen LogP contribution in [0.25, 0.3) is 0 Å². The van der Waals surface area contributed by atoms with Crippen LogP contribution >= 0.6 is 0 Å². The molecule has 4 rings (SSSR count). The third-order valence-corrected chi connectivity index (χ3v) is 5.65. The first kappa shape index (κ1) is 8.12. The van der Waals surface area contributed by atoms with Gasteiger partial charge in [-0.3, -0.25) is 0 Å². The molecule has 2 saturated carbocycles. The zero-order valence-electron chi connectivity index (χ0n) is 8.61. The Morgan fingerprint density at radius 2 is 2.07 bits per heavy atom. The van der Waals surface area contributed by atoms with Gasteiger partial charge in [0.25, 0.3) is 0 Å². The first-order valence-electron chi connectivity index (χ1n) is 6.22. The minimum atomic E-state index is 0.436. The van der Waals surface area contributed by atoms with Crippen LogP contribution in [0.15, 0.2) is 0 Å². The van der Waals surface area contributed by atoms with Crippen molar-refractivity contribution in [1.29, 1.82) is 0 Å². The lowest BCUT2D eigenvalue weighted by molar-refractivity contribution is 0.0185. The predicted molar refractivity (Wildman–Crippen MR) is 53.8 cm³/mol. The van der Waals surface area contributed by atoms with Crippen LogP contribution in [-0.2, 0) is 4.74 Å². The average Bonchev–Trinajstić information content (AvgIpc) is 2.91. The van der Waals surface area contributed by atoms with Crippen molar-refractivity contribution in [1.82, 2.24) is 0 Å². The molecule has 3 unspecified atom stereocenters. The SMILES string of the molecule is N[C@H]1C2CC[C@@H](C2)C12C[C@@H]1CCC2O1. The van der Waals surface area contributed by atoms with Crippen LogP contribution in [0.4, 0.5) is 0 Å². The van der Waals surface area contributed by atoms with E-state index in [9.17, 15) is 0 Å². The molecule has 0 aromatic rings. The Hall–Kier alpha value is -0.0800. The van der Waals surface area contributed by atoms with E-state index in [0.717, 1.165) is 11.8 Å². The number of hydrogen-bond donors (Lipinski definition) is 1. The maximum absolute atomic E-state index is 6.47. The highest BCUT2D eigenvalue weighted by Crippen LogP contribution is 2.65. The number of hydrogen-bond acceptors (Lipinski definition) is 2. The molecule has 4 bridgehead atoms. The molecule has 0 amide bonds. The molecule has 2 heteroatoms. The fraction of sp³-hybridized carbons (Fsp3) is 1.00. The van der Waals surface area contributed by atoms with Gasteiger partial charge in [0.1, 0.15) is 0 Å². The van der Waals surface area contributed by atoms with Gasteiger partial charge in [0.05, 0.1) is 12.2 Å². The third-order valence-electron chi connectivity index (χ3n) is 5.65. The molecule has 4 fully saturated rings. The van der Waals surface area contributed by atoms with Crippen molar-refractivity contribution in [3.8, 4) is 0 Å². The van der Waals surface area contributed by atoms with Crippen molar-refractivity contribution in [2.75, 3.05) is 0 Å². The summed E-state index contributed by atoms with van der Waals surface area (Å²) in [5.41, 5.74) is 6.90. The minimum Gasteiger partial charge on any atom is -0.374 e. The molecule has 2 heterocycles. The first-order chi connectivity index (χ1) is 6.80. The Kier molecular flexibility index (Phi) is 1.37. The molecule has 2 nitrogen and oxygen atoms in total. The number of nitrogens with two attached hydrogens (primary N) is 1. The number of rotatable bonds is 0. The van der Waals surface area contributed by atoms with Gasteiger partial charge in [0.2, 0.25) is 0 Å². The summed E-state index contributed by atoms with van der Waals surface area (Å²) in [7, 11) is 0. The van der Waals surface area contributed by atoms with Gasteiger partial charge in [0, 0.05) is 11.5 Å². The summed E-state index contributed by atoms with van der Waals surface area (Å²) >= 11 is 0. The lowest BCUT2D eigenvalue weighted by atomic mass is 9.62. The van der Waals surface area contributed by atoms with E-state index in [-0.39, 0.29) is 0 Å². The first-order valence-corrected chi connectivity index (χ1v) is 6.22. The van der Waals surface area contributed by atoms with Gasteiger partial charge in [-0.2, -0.15) is 0 Å². The summed E-state index contributed by atoms with van der Waals surface area (Å²) in [6.45, 7) is 0. The summed E-state index contributed by atoms with van der Waals surface area (Å²) in [6.07, 6.45) is 9.24. The van der Waals surface area contributed by atoms with Crippen LogP contribution in [0.5, 0.6) is 0 Å². The van der Waals surface area contributed by atoms with Crippen LogP contribution < -0.4 is 5.73 Å². The highest BCUT2D eigenvalue weighted by atomic mass is 16.5. The topological polar surface area (TPSA) is 35.2 Å². The largest absolute Gasteiger partial charge is 0.374 e. The van der Waals surface area contributed by atoms with Crippen LogP contribution in [0.3, 0.4) is 0 Å². The van der Waals surface area contributed by atoms with E-state index in [4.69, 9.17) is 10.5 Å². The van der Waals surface area contributed by atoms with Gasteiger partial charge in [-0.25, -0.2) is 0 Å². The molecular weight excluding hydrogens is 174 g/mol. The van der Waals surface area contributed by atoms with Gasteiger partial charge < -0.3 is 10.5 Å². The van der Waals surface area contributed by atoms with E-state index in [2.05, 4.69) is 0 Å². The Morgan fingerprint density at radius 1 is 1.14 bits per heavy atom. The fourth-order valence-electron chi connectivity index (χ4n) is 5.10. The van der Waals surface area contributed by atoms with Gasteiger partial charge >= 0.3 is 0 Å². The average molecular weight is 193 g/mol. The molecule has 78 valence electrons. The minimum absolute atomic E-state index is 0.436. The fourth-order valence-corrected chi connectivity index (χ4v) is 5.10. The molecular formula is C12H19NO. The van der Waals surface area contributed by atoms with E-state index in [1.165, 1.54) is 38.5 Å². The molecule has 2 N–H and O–H groups in total. The van der Waals surface area contributed by atoms with E-state index < -0.39 is 0 Å².